The molecule has 21 heavy (non-hydrogen) atoms. The van der Waals surface area contributed by atoms with E-state index in [-0.39, 0.29) is 36.2 Å². The van der Waals surface area contributed by atoms with E-state index in [2.05, 4.69) is 10.6 Å². The molecule has 1 saturated heterocycles. The number of halogens is 1. The zero-order valence-corrected chi connectivity index (χ0v) is 13.2. The Morgan fingerprint density at radius 3 is 2.43 bits per heavy atom. The Morgan fingerprint density at radius 1 is 1.19 bits per heavy atom. The summed E-state index contributed by atoms with van der Waals surface area (Å²) in [6, 6.07) is 0.414. The van der Waals surface area contributed by atoms with Gasteiger partial charge in [0.25, 0.3) is 0 Å². The van der Waals surface area contributed by atoms with Crippen molar-refractivity contribution in [2.45, 2.75) is 57.0 Å². The average Bonchev–Trinajstić information content (AvgIpc) is 2.41. The van der Waals surface area contributed by atoms with Gasteiger partial charge in [0.1, 0.15) is 0 Å². The van der Waals surface area contributed by atoms with E-state index in [1.165, 1.54) is 19.3 Å². The molecule has 4 N–H and O–H groups in total. The van der Waals surface area contributed by atoms with Crippen LogP contribution < -0.4 is 16.4 Å². The van der Waals surface area contributed by atoms with Crippen LogP contribution in [0.25, 0.3) is 0 Å². The van der Waals surface area contributed by atoms with Crippen molar-refractivity contribution >= 4 is 24.2 Å². The lowest BCUT2D eigenvalue weighted by Gasteiger charge is -2.43. The van der Waals surface area contributed by atoms with Gasteiger partial charge in [-0.25, -0.2) is 0 Å². The number of nitrogens with two attached hydrogens (primary N) is 1. The van der Waals surface area contributed by atoms with Gasteiger partial charge in [-0.3, -0.25) is 9.59 Å². The number of nitrogens with one attached hydrogen (secondary N) is 2. The number of hydrogen-bond acceptors (Lipinski definition) is 3. The zero-order chi connectivity index (χ0) is 14.1. The highest BCUT2D eigenvalue weighted by molar-refractivity contribution is 5.85. The molecule has 2 saturated carbocycles. The van der Waals surface area contributed by atoms with Crippen molar-refractivity contribution in [2.24, 2.45) is 23.5 Å². The minimum Gasteiger partial charge on any atom is -0.354 e. The van der Waals surface area contributed by atoms with Crippen LogP contribution in [0.15, 0.2) is 0 Å². The summed E-state index contributed by atoms with van der Waals surface area (Å²) in [6.07, 6.45) is 6.81. The fourth-order valence-electron chi connectivity index (χ4n) is 4.18. The molecule has 0 aromatic carbocycles. The molecule has 0 aromatic rings. The minimum atomic E-state index is 0. The largest absolute Gasteiger partial charge is 0.354 e. The number of amides is 2. The topological polar surface area (TPSA) is 84.2 Å². The van der Waals surface area contributed by atoms with Crippen molar-refractivity contribution in [2.75, 3.05) is 6.54 Å². The number of carbonyl (C=O) groups excluding carboxylic acids is 2. The van der Waals surface area contributed by atoms with E-state index >= 15 is 0 Å². The lowest BCUT2D eigenvalue weighted by Crippen LogP contribution is -2.52. The van der Waals surface area contributed by atoms with E-state index < -0.39 is 0 Å². The second-order valence-electron chi connectivity index (χ2n) is 6.75. The maximum Gasteiger partial charge on any atom is 0.223 e. The van der Waals surface area contributed by atoms with Gasteiger partial charge in [-0.05, 0) is 43.9 Å². The average molecular weight is 316 g/mol. The Labute approximate surface area is 132 Å². The maximum absolute atomic E-state index is 12.4. The summed E-state index contributed by atoms with van der Waals surface area (Å²) >= 11 is 0. The molecule has 2 aliphatic carbocycles. The molecule has 120 valence electrons. The number of fused-ring (bicyclic) bond motifs is 2. The van der Waals surface area contributed by atoms with Crippen molar-refractivity contribution in [1.29, 1.82) is 0 Å². The highest BCUT2D eigenvalue weighted by atomic mass is 35.5. The second kappa shape index (κ2) is 6.97. The van der Waals surface area contributed by atoms with Gasteiger partial charge in [-0.15, -0.1) is 12.4 Å². The zero-order valence-electron chi connectivity index (χ0n) is 12.3. The van der Waals surface area contributed by atoms with Crippen LogP contribution in [0.5, 0.6) is 0 Å². The summed E-state index contributed by atoms with van der Waals surface area (Å²) in [5.41, 5.74) is 6.27. The summed E-state index contributed by atoms with van der Waals surface area (Å²) in [5, 5.41) is 5.93. The normalized spacial score (nSPS) is 38.9. The van der Waals surface area contributed by atoms with Crippen LogP contribution in [0, 0.1) is 17.8 Å². The maximum atomic E-state index is 12.4. The first-order valence-corrected chi connectivity index (χ1v) is 7.96. The number of piperidine rings is 1. The van der Waals surface area contributed by atoms with Crippen LogP contribution in [-0.4, -0.2) is 30.4 Å². The van der Waals surface area contributed by atoms with E-state index in [0.29, 0.717) is 30.8 Å². The summed E-state index contributed by atoms with van der Waals surface area (Å²) < 4.78 is 0. The molecular weight excluding hydrogens is 290 g/mol. The van der Waals surface area contributed by atoms with Crippen molar-refractivity contribution in [1.82, 2.24) is 10.6 Å². The highest BCUT2D eigenvalue weighted by Crippen LogP contribution is 2.41. The van der Waals surface area contributed by atoms with Crippen molar-refractivity contribution in [3.63, 3.8) is 0 Å². The molecule has 3 atom stereocenters. The number of rotatable bonds is 2. The fraction of sp³-hybridized carbons (Fsp3) is 0.867. The molecule has 6 heteroatoms. The standard InChI is InChI=1S/C15H25N3O2.ClH/c16-14-9-2-1-3-10(14)7-11(6-9)15(20)18-12-4-5-13(19)17-8-12;/h9-12,14H,1-8,16H2,(H,17,19)(H,18,20);1H. The predicted octanol–water partition coefficient (Wildman–Crippen LogP) is 0.957. The Hall–Kier alpha value is -0.810. The quantitative estimate of drug-likeness (QED) is 0.709. The third-order valence-electron chi connectivity index (χ3n) is 5.40. The number of hydrogen-bond donors (Lipinski definition) is 3. The molecule has 3 fully saturated rings. The molecule has 3 rings (SSSR count). The molecule has 0 aromatic heterocycles. The van der Waals surface area contributed by atoms with E-state index in [0.717, 1.165) is 19.3 Å². The van der Waals surface area contributed by atoms with E-state index in [1.807, 2.05) is 0 Å². The van der Waals surface area contributed by atoms with Crippen LogP contribution in [-0.2, 0) is 9.59 Å². The van der Waals surface area contributed by atoms with Gasteiger partial charge >= 0.3 is 0 Å². The third kappa shape index (κ3) is 3.69. The SMILES string of the molecule is Cl.NC1C2CCCC1CC(C(=O)NC1CCC(=O)NC1)C2. The van der Waals surface area contributed by atoms with Crippen molar-refractivity contribution in [3.8, 4) is 0 Å². The Kier molecular flexibility index (Phi) is 5.49. The van der Waals surface area contributed by atoms with Crippen LogP contribution >= 0.6 is 12.4 Å². The van der Waals surface area contributed by atoms with Crippen LogP contribution in [0.2, 0.25) is 0 Å². The first-order chi connectivity index (χ1) is 9.63. The van der Waals surface area contributed by atoms with Crippen LogP contribution in [0.1, 0.15) is 44.9 Å². The monoisotopic (exact) mass is 315 g/mol. The highest BCUT2D eigenvalue weighted by Gasteiger charge is 2.40. The van der Waals surface area contributed by atoms with Gasteiger partial charge in [0, 0.05) is 31.0 Å². The first-order valence-electron chi connectivity index (χ1n) is 7.96. The first kappa shape index (κ1) is 16.6. The molecule has 0 radical (unpaired) electrons. The van der Waals surface area contributed by atoms with Gasteiger partial charge in [0.15, 0.2) is 0 Å². The molecule has 5 nitrogen and oxygen atoms in total. The Balaban J connectivity index is 0.00000161. The molecule has 2 amide bonds. The molecule has 2 bridgehead atoms. The number of carbonyl (C=O) groups is 2. The summed E-state index contributed by atoms with van der Waals surface area (Å²) in [7, 11) is 0. The Bertz CT molecular complexity index is 380. The van der Waals surface area contributed by atoms with Gasteiger partial charge in [0.05, 0.1) is 0 Å². The summed E-state index contributed by atoms with van der Waals surface area (Å²) in [5.74, 6) is 1.46. The molecule has 1 aliphatic heterocycles. The van der Waals surface area contributed by atoms with E-state index in [1.54, 1.807) is 0 Å². The Morgan fingerprint density at radius 2 is 1.86 bits per heavy atom. The summed E-state index contributed by atoms with van der Waals surface area (Å²) in [4.78, 5) is 23.5. The smallest absolute Gasteiger partial charge is 0.223 e. The van der Waals surface area contributed by atoms with Gasteiger partial charge in [0.2, 0.25) is 11.8 Å². The van der Waals surface area contributed by atoms with Gasteiger partial charge in [-0.2, -0.15) is 0 Å². The molecule has 3 unspecified atom stereocenters. The minimum absolute atomic E-state index is 0. The summed E-state index contributed by atoms with van der Waals surface area (Å²) in [6.45, 7) is 0.573. The van der Waals surface area contributed by atoms with Crippen LogP contribution in [0.4, 0.5) is 0 Å². The fourth-order valence-corrected chi connectivity index (χ4v) is 4.18. The molecule has 3 aliphatic rings. The molecule has 1 heterocycles. The van der Waals surface area contributed by atoms with Gasteiger partial charge < -0.3 is 16.4 Å². The third-order valence-corrected chi connectivity index (χ3v) is 5.40. The molecular formula is C15H26ClN3O2. The van der Waals surface area contributed by atoms with Crippen molar-refractivity contribution in [3.05, 3.63) is 0 Å². The molecule has 0 spiro atoms. The van der Waals surface area contributed by atoms with E-state index in [9.17, 15) is 9.59 Å². The lowest BCUT2D eigenvalue weighted by molar-refractivity contribution is -0.130. The van der Waals surface area contributed by atoms with Gasteiger partial charge in [-0.1, -0.05) is 6.42 Å². The van der Waals surface area contributed by atoms with Crippen LogP contribution in [0.3, 0.4) is 0 Å². The van der Waals surface area contributed by atoms with Crippen molar-refractivity contribution < 1.29 is 9.59 Å². The lowest BCUT2D eigenvalue weighted by atomic mass is 9.65. The van der Waals surface area contributed by atoms with E-state index in [4.69, 9.17) is 5.73 Å². The predicted molar refractivity (Wildman–Crippen MR) is 83.0 cm³/mol. The second-order valence-corrected chi connectivity index (χ2v) is 6.75.